The van der Waals surface area contributed by atoms with Crippen molar-refractivity contribution in [1.29, 1.82) is 0 Å². The van der Waals surface area contributed by atoms with Crippen LogP contribution in [0.5, 0.6) is 5.75 Å². The number of benzene rings is 2. The van der Waals surface area contributed by atoms with Gasteiger partial charge in [0.25, 0.3) is 5.91 Å². The molecule has 3 rings (SSSR count). The van der Waals surface area contributed by atoms with Crippen molar-refractivity contribution < 1.29 is 14.7 Å². The maximum atomic E-state index is 11.7. The van der Waals surface area contributed by atoms with Gasteiger partial charge in [0.15, 0.2) is 0 Å². The van der Waals surface area contributed by atoms with Crippen LogP contribution in [0.4, 0.5) is 5.69 Å². The topological polar surface area (TPSA) is 73.8 Å². The number of anilines is 1. The molecule has 2 aromatic carbocycles. The van der Waals surface area contributed by atoms with E-state index in [0.717, 1.165) is 21.9 Å². The lowest BCUT2D eigenvalue weighted by Gasteiger charge is -2.24. The van der Waals surface area contributed by atoms with Gasteiger partial charge in [-0.15, -0.1) is 0 Å². The van der Waals surface area contributed by atoms with E-state index in [1.807, 2.05) is 52.8 Å². The Morgan fingerprint density at radius 2 is 2.16 bits per heavy atom. The molecule has 6 nitrogen and oxygen atoms in total. The third-order valence-electron chi connectivity index (χ3n) is 3.98. The second-order valence-corrected chi connectivity index (χ2v) is 6.83. The maximum Gasteiger partial charge on any atom is 0.261 e. The maximum absolute atomic E-state index is 11.7. The normalized spacial score (nSPS) is 15.4. The molecule has 1 heterocycles. The Balaban J connectivity index is 1.68. The minimum absolute atomic E-state index is 0.418. The molecule has 0 unspecified atom stereocenters. The van der Waals surface area contributed by atoms with Gasteiger partial charge in [-0.1, -0.05) is 30.3 Å². The van der Waals surface area contributed by atoms with Crippen molar-refractivity contribution in [2.75, 3.05) is 18.4 Å². The first-order chi connectivity index (χ1) is 12.2. The summed E-state index contributed by atoms with van der Waals surface area (Å²) < 4.78 is 7.81. The van der Waals surface area contributed by atoms with Gasteiger partial charge < -0.3 is 10.1 Å². The van der Waals surface area contributed by atoms with Gasteiger partial charge >= 0.3 is 0 Å². The average molecular weight is 359 g/mol. The van der Waals surface area contributed by atoms with Crippen LogP contribution in [0.25, 0.3) is 0 Å². The largest absolute Gasteiger partial charge is 0.489 e. The van der Waals surface area contributed by atoms with Crippen LogP contribution in [-0.2, 0) is 11.4 Å². The first kappa shape index (κ1) is 17.6. The number of ether oxygens (including phenoxy) is 1. The SMILES string of the molecule is C[C@H](C(=O)NO)N1CCNc2cc(OCc3ccccc3)ccc2S1. The van der Waals surface area contributed by atoms with Gasteiger partial charge in [0, 0.05) is 24.1 Å². The molecule has 0 spiro atoms. The lowest BCUT2D eigenvalue weighted by atomic mass is 10.2. The number of hydroxylamine groups is 1. The molecule has 1 aliphatic rings. The summed E-state index contributed by atoms with van der Waals surface area (Å²) in [5.74, 6) is 0.379. The lowest BCUT2D eigenvalue weighted by Crippen LogP contribution is -2.41. The van der Waals surface area contributed by atoms with E-state index in [4.69, 9.17) is 9.94 Å². The molecule has 0 aromatic heterocycles. The highest BCUT2D eigenvalue weighted by molar-refractivity contribution is 7.97. The highest BCUT2D eigenvalue weighted by Gasteiger charge is 2.25. The van der Waals surface area contributed by atoms with Crippen LogP contribution >= 0.6 is 11.9 Å². The molecule has 0 bridgehead atoms. The third-order valence-corrected chi connectivity index (χ3v) is 5.27. The Labute approximate surface area is 151 Å². The third kappa shape index (κ3) is 4.45. The van der Waals surface area contributed by atoms with Gasteiger partial charge in [0.05, 0.1) is 11.7 Å². The van der Waals surface area contributed by atoms with Gasteiger partial charge in [0.2, 0.25) is 0 Å². The van der Waals surface area contributed by atoms with Crippen molar-refractivity contribution >= 4 is 23.5 Å². The molecular weight excluding hydrogens is 338 g/mol. The summed E-state index contributed by atoms with van der Waals surface area (Å²) in [5, 5.41) is 12.2. The lowest BCUT2D eigenvalue weighted by molar-refractivity contribution is -0.132. The summed E-state index contributed by atoms with van der Waals surface area (Å²) in [6.07, 6.45) is 0. The molecule has 2 aromatic rings. The van der Waals surface area contributed by atoms with Crippen LogP contribution < -0.4 is 15.5 Å². The summed E-state index contributed by atoms with van der Waals surface area (Å²) in [5.41, 5.74) is 3.81. The van der Waals surface area contributed by atoms with Crippen LogP contribution in [0.1, 0.15) is 12.5 Å². The van der Waals surface area contributed by atoms with E-state index in [-0.39, 0.29) is 0 Å². The quantitative estimate of drug-likeness (QED) is 0.433. The predicted molar refractivity (Wildman–Crippen MR) is 97.7 cm³/mol. The van der Waals surface area contributed by atoms with E-state index in [1.165, 1.54) is 11.9 Å². The second kappa shape index (κ2) is 8.24. The summed E-state index contributed by atoms with van der Waals surface area (Å²) in [6, 6.07) is 15.5. The van der Waals surface area contributed by atoms with E-state index < -0.39 is 11.9 Å². The molecule has 1 amide bonds. The molecule has 7 heteroatoms. The van der Waals surface area contributed by atoms with Gasteiger partial charge in [-0.3, -0.25) is 10.0 Å². The molecule has 0 saturated carbocycles. The Morgan fingerprint density at radius 1 is 1.36 bits per heavy atom. The molecule has 3 N–H and O–H groups in total. The first-order valence-electron chi connectivity index (χ1n) is 8.10. The molecule has 132 valence electrons. The number of nitrogens with one attached hydrogen (secondary N) is 2. The summed E-state index contributed by atoms with van der Waals surface area (Å²) in [6.45, 7) is 3.66. The van der Waals surface area contributed by atoms with Gasteiger partial charge in [-0.25, -0.2) is 9.79 Å². The van der Waals surface area contributed by atoms with Crippen LogP contribution in [-0.4, -0.2) is 34.6 Å². The standard InChI is InChI=1S/C18H21N3O3S/c1-13(18(22)20-23)21-10-9-19-16-11-15(7-8-17(16)25-21)24-12-14-5-3-2-4-6-14/h2-8,11,13,19,23H,9-10,12H2,1H3,(H,20,22)/t13-/m1/s1. The number of rotatable bonds is 5. The fourth-order valence-corrected chi connectivity index (χ4v) is 3.57. The van der Waals surface area contributed by atoms with Crippen molar-refractivity contribution in [3.8, 4) is 5.75 Å². The van der Waals surface area contributed by atoms with Gasteiger partial charge in [0.1, 0.15) is 12.4 Å². The Bertz CT molecular complexity index is 727. The minimum atomic E-state index is -0.434. The average Bonchev–Trinajstić information content (AvgIpc) is 2.87. The minimum Gasteiger partial charge on any atom is -0.489 e. The van der Waals surface area contributed by atoms with Crippen molar-refractivity contribution in [3.63, 3.8) is 0 Å². The fraction of sp³-hybridized carbons (Fsp3) is 0.278. The molecule has 1 aliphatic heterocycles. The number of amides is 1. The summed E-state index contributed by atoms with van der Waals surface area (Å²) in [4.78, 5) is 12.7. The first-order valence-corrected chi connectivity index (χ1v) is 8.88. The highest BCUT2D eigenvalue weighted by atomic mass is 32.2. The van der Waals surface area contributed by atoms with Crippen molar-refractivity contribution in [1.82, 2.24) is 9.79 Å². The Kier molecular flexibility index (Phi) is 5.80. The molecule has 1 atom stereocenters. The number of hydrogen-bond donors (Lipinski definition) is 3. The van der Waals surface area contributed by atoms with Crippen LogP contribution in [0.15, 0.2) is 53.4 Å². The second-order valence-electron chi connectivity index (χ2n) is 5.74. The number of fused-ring (bicyclic) bond motifs is 1. The zero-order valence-electron chi connectivity index (χ0n) is 13.9. The molecule has 0 radical (unpaired) electrons. The van der Waals surface area contributed by atoms with Gasteiger partial charge in [-0.05, 0) is 36.6 Å². The highest BCUT2D eigenvalue weighted by Crippen LogP contribution is 2.36. The van der Waals surface area contributed by atoms with Crippen molar-refractivity contribution in [2.24, 2.45) is 0 Å². The smallest absolute Gasteiger partial charge is 0.261 e. The number of nitrogens with zero attached hydrogens (tertiary/aromatic N) is 1. The van der Waals surface area contributed by atoms with E-state index in [2.05, 4.69) is 5.32 Å². The van der Waals surface area contributed by atoms with E-state index in [9.17, 15) is 4.79 Å². The van der Waals surface area contributed by atoms with Crippen LogP contribution in [0, 0.1) is 0 Å². The molecular formula is C18H21N3O3S. The summed E-state index contributed by atoms with van der Waals surface area (Å²) in [7, 11) is 0. The van der Waals surface area contributed by atoms with Crippen molar-refractivity contribution in [3.05, 3.63) is 54.1 Å². The van der Waals surface area contributed by atoms with Crippen molar-refractivity contribution in [2.45, 2.75) is 24.5 Å². The van der Waals surface area contributed by atoms with E-state index in [0.29, 0.717) is 19.7 Å². The van der Waals surface area contributed by atoms with E-state index >= 15 is 0 Å². The molecule has 0 saturated heterocycles. The zero-order chi connectivity index (χ0) is 17.6. The monoisotopic (exact) mass is 359 g/mol. The predicted octanol–water partition coefficient (Wildman–Crippen LogP) is 2.89. The van der Waals surface area contributed by atoms with Crippen LogP contribution in [0.2, 0.25) is 0 Å². The fourth-order valence-electron chi connectivity index (χ4n) is 2.53. The molecule has 0 fully saturated rings. The van der Waals surface area contributed by atoms with E-state index in [1.54, 1.807) is 12.4 Å². The molecule has 0 aliphatic carbocycles. The Hall–Kier alpha value is -2.22. The van der Waals surface area contributed by atoms with Gasteiger partial charge in [-0.2, -0.15) is 0 Å². The number of carbonyl (C=O) groups is 1. The van der Waals surface area contributed by atoms with Crippen LogP contribution in [0.3, 0.4) is 0 Å². The number of hydrogen-bond acceptors (Lipinski definition) is 6. The zero-order valence-corrected chi connectivity index (χ0v) is 14.8. The summed E-state index contributed by atoms with van der Waals surface area (Å²) >= 11 is 1.50. The number of carbonyl (C=O) groups excluding carboxylic acids is 1. The molecule has 25 heavy (non-hydrogen) atoms. The Morgan fingerprint density at radius 3 is 2.92 bits per heavy atom.